The highest BCUT2D eigenvalue weighted by Gasteiger charge is 2.25. The third-order valence-corrected chi connectivity index (χ3v) is 2.71. The van der Waals surface area contributed by atoms with Gasteiger partial charge in [-0.1, -0.05) is 24.0 Å². The number of ether oxygens (including phenoxy) is 1. The molecular formula is C14H15FO2. The van der Waals surface area contributed by atoms with Crippen LogP contribution in [0.1, 0.15) is 31.4 Å². The van der Waals surface area contributed by atoms with Gasteiger partial charge in [-0.05, 0) is 37.5 Å². The van der Waals surface area contributed by atoms with Crippen molar-refractivity contribution < 1.29 is 14.2 Å². The second kappa shape index (κ2) is 5.31. The van der Waals surface area contributed by atoms with Crippen molar-refractivity contribution in [2.24, 2.45) is 0 Å². The highest BCUT2D eigenvalue weighted by Crippen LogP contribution is 2.32. The smallest absolute Gasteiger partial charge is 0.123 e. The first kappa shape index (κ1) is 12.1. The number of hydrogen-bond donors (Lipinski definition) is 1. The van der Waals surface area contributed by atoms with Gasteiger partial charge in [-0.3, -0.25) is 0 Å². The van der Waals surface area contributed by atoms with Crippen LogP contribution in [0.3, 0.4) is 0 Å². The lowest BCUT2D eigenvalue weighted by atomic mass is 10.1. The monoisotopic (exact) mass is 234 g/mol. The van der Waals surface area contributed by atoms with E-state index in [1.54, 1.807) is 19.1 Å². The third-order valence-electron chi connectivity index (χ3n) is 2.71. The Kier molecular flexibility index (Phi) is 3.78. The standard InChI is InChI=1S/C14H15FO2/c1-10(16)2-7-13-8-9-14(17-13)11-3-5-12(15)6-4-11/h3-6,10,13-14,16H,8-9H2,1H3. The van der Waals surface area contributed by atoms with Crippen LogP contribution in [-0.2, 0) is 4.74 Å². The maximum Gasteiger partial charge on any atom is 0.123 e. The molecule has 0 aromatic heterocycles. The van der Waals surface area contributed by atoms with Crippen LogP contribution in [-0.4, -0.2) is 17.3 Å². The average molecular weight is 234 g/mol. The van der Waals surface area contributed by atoms with E-state index in [2.05, 4.69) is 11.8 Å². The minimum atomic E-state index is -0.622. The fourth-order valence-electron chi connectivity index (χ4n) is 1.88. The van der Waals surface area contributed by atoms with E-state index < -0.39 is 6.10 Å². The minimum absolute atomic E-state index is 0.0103. The molecule has 2 nitrogen and oxygen atoms in total. The van der Waals surface area contributed by atoms with Crippen LogP contribution >= 0.6 is 0 Å². The topological polar surface area (TPSA) is 29.5 Å². The maximum absolute atomic E-state index is 12.8. The number of aliphatic hydroxyl groups excluding tert-OH is 1. The van der Waals surface area contributed by atoms with Gasteiger partial charge in [0.15, 0.2) is 0 Å². The zero-order valence-electron chi connectivity index (χ0n) is 9.69. The highest BCUT2D eigenvalue weighted by molar-refractivity contribution is 5.21. The summed E-state index contributed by atoms with van der Waals surface area (Å²) in [7, 11) is 0. The van der Waals surface area contributed by atoms with Crippen molar-refractivity contribution in [2.75, 3.05) is 0 Å². The van der Waals surface area contributed by atoms with Gasteiger partial charge in [0.05, 0.1) is 6.10 Å². The molecule has 0 radical (unpaired) electrons. The van der Waals surface area contributed by atoms with Gasteiger partial charge < -0.3 is 9.84 Å². The van der Waals surface area contributed by atoms with E-state index in [0.717, 1.165) is 18.4 Å². The average Bonchev–Trinajstić information content (AvgIpc) is 2.76. The van der Waals surface area contributed by atoms with E-state index in [0.29, 0.717) is 0 Å². The van der Waals surface area contributed by atoms with Gasteiger partial charge in [0.25, 0.3) is 0 Å². The Hall–Kier alpha value is -1.37. The summed E-state index contributed by atoms with van der Waals surface area (Å²) in [5, 5.41) is 9.06. The Morgan fingerprint density at radius 3 is 2.71 bits per heavy atom. The van der Waals surface area contributed by atoms with E-state index in [9.17, 15) is 4.39 Å². The van der Waals surface area contributed by atoms with Gasteiger partial charge in [0, 0.05) is 0 Å². The van der Waals surface area contributed by atoms with E-state index in [1.165, 1.54) is 12.1 Å². The van der Waals surface area contributed by atoms with Gasteiger partial charge in [-0.25, -0.2) is 4.39 Å². The van der Waals surface area contributed by atoms with Gasteiger partial charge in [-0.15, -0.1) is 0 Å². The van der Waals surface area contributed by atoms with Crippen LogP contribution in [0.2, 0.25) is 0 Å². The molecule has 17 heavy (non-hydrogen) atoms. The van der Waals surface area contributed by atoms with E-state index in [1.807, 2.05) is 0 Å². The summed E-state index contributed by atoms with van der Waals surface area (Å²) < 4.78 is 18.5. The van der Waals surface area contributed by atoms with Crippen molar-refractivity contribution in [3.63, 3.8) is 0 Å². The number of hydrogen-bond acceptors (Lipinski definition) is 2. The molecule has 90 valence electrons. The lowest BCUT2D eigenvalue weighted by Gasteiger charge is -2.10. The van der Waals surface area contributed by atoms with Crippen molar-refractivity contribution >= 4 is 0 Å². The predicted molar refractivity (Wildman–Crippen MR) is 62.7 cm³/mol. The molecule has 0 aliphatic carbocycles. The molecule has 0 saturated carbocycles. The highest BCUT2D eigenvalue weighted by atomic mass is 19.1. The summed E-state index contributed by atoms with van der Waals surface area (Å²) in [4.78, 5) is 0. The first-order valence-electron chi connectivity index (χ1n) is 5.75. The second-order valence-electron chi connectivity index (χ2n) is 4.21. The van der Waals surface area contributed by atoms with Crippen LogP contribution in [0, 0.1) is 17.7 Å². The molecule has 0 bridgehead atoms. The molecule has 3 unspecified atom stereocenters. The van der Waals surface area contributed by atoms with Crippen LogP contribution < -0.4 is 0 Å². The fraction of sp³-hybridized carbons (Fsp3) is 0.429. The number of aliphatic hydroxyl groups is 1. The van der Waals surface area contributed by atoms with Gasteiger partial charge in [-0.2, -0.15) is 0 Å². The molecule has 0 spiro atoms. The summed E-state index contributed by atoms with van der Waals surface area (Å²) in [5.41, 5.74) is 0.979. The van der Waals surface area contributed by atoms with Gasteiger partial charge in [0.1, 0.15) is 18.0 Å². The molecule has 3 atom stereocenters. The Labute approximate surface area is 100 Å². The van der Waals surface area contributed by atoms with Crippen molar-refractivity contribution in [1.29, 1.82) is 0 Å². The number of benzene rings is 1. The normalized spacial score (nSPS) is 25.1. The van der Waals surface area contributed by atoms with E-state index in [-0.39, 0.29) is 18.0 Å². The molecule has 1 fully saturated rings. The molecule has 0 amide bonds. The summed E-state index contributed by atoms with van der Waals surface area (Å²) in [5.74, 6) is 5.35. The second-order valence-corrected chi connectivity index (χ2v) is 4.21. The molecule has 1 saturated heterocycles. The molecule has 1 heterocycles. The van der Waals surface area contributed by atoms with E-state index >= 15 is 0 Å². The molecule has 2 rings (SSSR count). The predicted octanol–water partition coefficient (Wildman–Crippen LogP) is 2.43. The summed E-state index contributed by atoms with van der Waals surface area (Å²) in [6.07, 6.45) is 0.971. The SMILES string of the molecule is CC(O)C#CC1CCC(c2ccc(F)cc2)O1. The maximum atomic E-state index is 12.8. The first-order chi connectivity index (χ1) is 8.15. The number of rotatable bonds is 1. The van der Waals surface area contributed by atoms with Crippen LogP contribution in [0.5, 0.6) is 0 Å². The van der Waals surface area contributed by atoms with Crippen LogP contribution in [0.25, 0.3) is 0 Å². The van der Waals surface area contributed by atoms with Crippen molar-refractivity contribution in [3.8, 4) is 11.8 Å². The zero-order chi connectivity index (χ0) is 12.3. The Bertz CT molecular complexity index is 428. The van der Waals surface area contributed by atoms with Gasteiger partial charge in [0.2, 0.25) is 0 Å². The van der Waals surface area contributed by atoms with Crippen LogP contribution in [0.4, 0.5) is 4.39 Å². The Morgan fingerprint density at radius 2 is 2.06 bits per heavy atom. The molecule has 1 aliphatic heterocycles. The lowest BCUT2D eigenvalue weighted by molar-refractivity contribution is 0.0758. The summed E-state index contributed by atoms with van der Waals surface area (Å²) in [6, 6.07) is 6.36. The quantitative estimate of drug-likeness (QED) is 0.756. The molecule has 1 aromatic rings. The summed E-state index contributed by atoms with van der Waals surface area (Å²) in [6.45, 7) is 1.62. The van der Waals surface area contributed by atoms with Crippen molar-refractivity contribution in [2.45, 2.75) is 38.1 Å². The molecule has 1 aliphatic rings. The van der Waals surface area contributed by atoms with Crippen molar-refractivity contribution in [3.05, 3.63) is 35.6 Å². The van der Waals surface area contributed by atoms with Crippen LogP contribution in [0.15, 0.2) is 24.3 Å². The Balaban J connectivity index is 1.99. The van der Waals surface area contributed by atoms with Gasteiger partial charge >= 0.3 is 0 Å². The lowest BCUT2D eigenvalue weighted by Crippen LogP contribution is -2.05. The zero-order valence-corrected chi connectivity index (χ0v) is 9.69. The largest absolute Gasteiger partial charge is 0.381 e. The summed E-state index contributed by atoms with van der Waals surface area (Å²) >= 11 is 0. The molecule has 3 heteroatoms. The molecular weight excluding hydrogens is 219 g/mol. The number of halogens is 1. The fourth-order valence-corrected chi connectivity index (χ4v) is 1.88. The third kappa shape index (κ3) is 3.29. The molecule has 1 N–H and O–H groups in total. The molecule has 1 aromatic carbocycles. The van der Waals surface area contributed by atoms with Crippen molar-refractivity contribution in [1.82, 2.24) is 0 Å². The minimum Gasteiger partial charge on any atom is -0.381 e. The Morgan fingerprint density at radius 1 is 1.35 bits per heavy atom. The first-order valence-corrected chi connectivity index (χ1v) is 5.75. The van der Waals surface area contributed by atoms with E-state index in [4.69, 9.17) is 9.84 Å².